The van der Waals surface area contributed by atoms with E-state index in [4.69, 9.17) is 4.52 Å². The molecule has 1 aromatic carbocycles. The third kappa shape index (κ3) is 3.80. The first kappa shape index (κ1) is 13.1. The number of aryl methyl sites for hydroxylation is 1. The number of nitrogens with zero attached hydrogens (tertiary/aromatic N) is 2. The molecule has 19 heavy (non-hydrogen) atoms. The Kier molecular flexibility index (Phi) is 4.49. The second kappa shape index (κ2) is 6.53. The minimum absolute atomic E-state index is 0.0773. The van der Waals surface area contributed by atoms with E-state index in [2.05, 4.69) is 20.8 Å². The zero-order valence-corrected chi connectivity index (χ0v) is 10.7. The maximum atomic E-state index is 11.2. The summed E-state index contributed by atoms with van der Waals surface area (Å²) in [5.74, 6) is 0.222. The summed E-state index contributed by atoms with van der Waals surface area (Å²) in [4.78, 5) is 15.2. The van der Waals surface area contributed by atoms with E-state index in [9.17, 15) is 4.79 Å². The number of hydrogen-bond acceptors (Lipinski definition) is 5. The van der Waals surface area contributed by atoms with E-state index in [1.807, 2.05) is 30.3 Å². The third-order valence-corrected chi connectivity index (χ3v) is 2.57. The van der Waals surface area contributed by atoms with Crippen LogP contribution >= 0.6 is 0 Å². The van der Waals surface area contributed by atoms with Crippen LogP contribution in [-0.2, 0) is 6.42 Å². The quantitative estimate of drug-likeness (QED) is 0.769. The standard InChI is InChI=1S/C13H16N4O2/c1-14-13(18)12-16-11(19-17-12)8-5-9-15-10-6-3-2-4-7-10/h2-4,6-7,15H,5,8-9H2,1H3,(H,14,18). The number of anilines is 1. The summed E-state index contributed by atoms with van der Waals surface area (Å²) < 4.78 is 4.99. The van der Waals surface area contributed by atoms with Crippen LogP contribution in [0.2, 0.25) is 0 Å². The van der Waals surface area contributed by atoms with Gasteiger partial charge >= 0.3 is 0 Å². The maximum absolute atomic E-state index is 11.2. The molecular weight excluding hydrogens is 244 g/mol. The predicted octanol–water partition coefficient (Wildman–Crippen LogP) is 1.47. The van der Waals surface area contributed by atoms with Crippen LogP contribution in [0.3, 0.4) is 0 Å². The molecule has 6 heteroatoms. The molecule has 0 saturated heterocycles. The van der Waals surface area contributed by atoms with Gasteiger partial charge in [-0.15, -0.1) is 0 Å². The molecule has 1 aromatic heterocycles. The monoisotopic (exact) mass is 260 g/mol. The average Bonchev–Trinajstić information content (AvgIpc) is 2.93. The molecule has 0 aliphatic rings. The smallest absolute Gasteiger partial charge is 0.292 e. The molecule has 1 amide bonds. The molecule has 0 fully saturated rings. The molecular formula is C13H16N4O2. The molecule has 0 aliphatic carbocycles. The first-order chi connectivity index (χ1) is 9.29. The van der Waals surface area contributed by atoms with Crippen molar-refractivity contribution < 1.29 is 9.32 Å². The van der Waals surface area contributed by atoms with E-state index in [1.54, 1.807) is 0 Å². The van der Waals surface area contributed by atoms with Crippen molar-refractivity contribution >= 4 is 11.6 Å². The summed E-state index contributed by atoms with van der Waals surface area (Å²) in [6, 6.07) is 9.96. The minimum Gasteiger partial charge on any atom is -0.385 e. The largest absolute Gasteiger partial charge is 0.385 e. The lowest BCUT2D eigenvalue weighted by Crippen LogP contribution is -2.19. The Balaban J connectivity index is 1.74. The van der Waals surface area contributed by atoms with Crippen molar-refractivity contribution in [2.24, 2.45) is 0 Å². The predicted molar refractivity (Wildman–Crippen MR) is 70.9 cm³/mol. The number of carbonyl (C=O) groups excluding carboxylic acids is 1. The van der Waals surface area contributed by atoms with Gasteiger partial charge in [0.2, 0.25) is 5.89 Å². The van der Waals surface area contributed by atoms with E-state index in [0.717, 1.165) is 18.7 Å². The molecule has 0 spiro atoms. The number of amides is 1. The van der Waals surface area contributed by atoms with Crippen LogP contribution in [0.1, 0.15) is 22.9 Å². The lowest BCUT2D eigenvalue weighted by atomic mass is 10.3. The van der Waals surface area contributed by atoms with Gasteiger partial charge in [0.1, 0.15) is 0 Å². The fraction of sp³-hybridized carbons (Fsp3) is 0.308. The summed E-state index contributed by atoms with van der Waals surface area (Å²) in [6.07, 6.45) is 1.49. The van der Waals surface area contributed by atoms with Crippen LogP contribution in [0.5, 0.6) is 0 Å². The maximum Gasteiger partial charge on any atom is 0.292 e. The topological polar surface area (TPSA) is 80.0 Å². The van der Waals surface area contributed by atoms with Crippen molar-refractivity contribution in [1.29, 1.82) is 0 Å². The first-order valence-corrected chi connectivity index (χ1v) is 6.13. The highest BCUT2D eigenvalue weighted by atomic mass is 16.5. The van der Waals surface area contributed by atoms with Crippen LogP contribution < -0.4 is 10.6 Å². The van der Waals surface area contributed by atoms with Gasteiger partial charge in [-0.2, -0.15) is 4.98 Å². The summed E-state index contributed by atoms with van der Waals surface area (Å²) >= 11 is 0. The number of hydrogen-bond donors (Lipinski definition) is 2. The van der Waals surface area contributed by atoms with Gasteiger partial charge in [-0.05, 0) is 18.6 Å². The molecule has 0 aliphatic heterocycles. The van der Waals surface area contributed by atoms with Gasteiger partial charge in [-0.1, -0.05) is 23.4 Å². The van der Waals surface area contributed by atoms with Crippen molar-refractivity contribution in [3.63, 3.8) is 0 Å². The Morgan fingerprint density at radius 1 is 1.32 bits per heavy atom. The molecule has 0 unspecified atom stereocenters. The van der Waals surface area contributed by atoms with Gasteiger partial charge in [0.25, 0.3) is 11.7 Å². The molecule has 0 radical (unpaired) electrons. The van der Waals surface area contributed by atoms with Gasteiger partial charge in [0, 0.05) is 25.7 Å². The lowest BCUT2D eigenvalue weighted by molar-refractivity contribution is 0.0950. The highest BCUT2D eigenvalue weighted by Crippen LogP contribution is 2.06. The number of rotatable bonds is 6. The summed E-state index contributed by atoms with van der Waals surface area (Å²) in [7, 11) is 1.53. The normalized spacial score (nSPS) is 10.2. The van der Waals surface area contributed by atoms with Crippen molar-refractivity contribution in [2.45, 2.75) is 12.8 Å². The molecule has 2 rings (SSSR count). The molecule has 2 N–H and O–H groups in total. The summed E-state index contributed by atoms with van der Waals surface area (Å²) in [5, 5.41) is 9.34. The van der Waals surface area contributed by atoms with E-state index >= 15 is 0 Å². The molecule has 100 valence electrons. The van der Waals surface area contributed by atoms with Crippen LogP contribution in [0, 0.1) is 0 Å². The van der Waals surface area contributed by atoms with E-state index in [0.29, 0.717) is 12.3 Å². The Morgan fingerprint density at radius 3 is 2.84 bits per heavy atom. The summed E-state index contributed by atoms with van der Waals surface area (Å²) in [5.41, 5.74) is 1.08. The van der Waals surface area contributed by atoms with Crippen molar-refractivity contribution in [2.75, 3.05) is 18.9 Å². The molecule has 2 aromatic rings. The second-order valence-corrected chi connectivity index (χ2v) is 3.99. The van der Waals surface area contributed by atoms with E-state index in [-0.39, 0.29) is 11.7 Å². The van der Waals surface area contributed by atoms with Crippen LogP contribution in [0.15, 0.2) is 34.9 Å². The fourth-order valence-electron chi connectivity index (χ4n) is 1.59. The zero-order chi connectivity index (χ0) is 13.5. The zero-order valence-electron chi connectivity index (χ0n) is 10.7. The first-order valence-electron chi connectivity index (χ1n) is 6.13. The number of nitrogens with one attached hydrogen (secondary N) is 2. The molecule has 0 bridgehead atoms. The average molecular weight is 260 g/mol. The molecule has 6 nitrogen and oxygen atoms in total. The number of para-hydroxylation sites is 1. The third-order valence-electron chi connectivity index (χ3n) is 2.57. The lowest BCUT2D eigenvalue weighted by Gasteiger charge is -2.03. The van der Waals surface area contributed by atoms with Gasteiger partial charge in [0.15, 0.2) is 0 Å². The van der Waals surface area contributed by atoms with Crippen LogP contribution in [0.25, 0.3) is 0 Å². The Hall–Kier alpha value is -2.37. The van der Waals surface area contributed by atoms with E-state index < -0.39 is 0 Å². The van der Waals surface area contributed by atoms with Gasteiger partial charge in [0.05, 0.1) is 0 Å². The number of aromatic nitrogens is 2. The van der Waals surface area contributed by atoms with Crippen molar-refractivity contribution in [1.82, 2.24) is 15.5 Å². The summed E-state index contributed by atoms with van der Waals surface area (Å²) in [6.45, 7) is 0.807. The highest BCUT2D eigenvalue weighted by molar-refractivity contribution is 5.89. The van der Waals surface area contributed by atoms with Crippen molar-refractivity contribution in [3.8, 4) is 0 Å². The van der Waals surface area contributed by atoms with Crippen LogP contribution in [0.4, 0.5) is 5.69 Å². The fourth-order valence-corrected chi connectivity index (χ4v) is 1.59. The van der Waals surface area contributed by atoms with Crippen LogP contribution in [-0.4, -0.2) is 29.6 Å². The number of benzene rings is 1. The van der Waals surface area contributed by atoms with Gasteiger partial charge in [-0.3, -0.25) is 4.79 Å². The van der Waals surface area contributed by atoms with Gasteiger partial charge in [-0.25, -0.2) is 0 Å². The van der Waals surface area contributed by atoms with Gasteiger partial charge < -0.3 is 15.2 Å². The number of carbonyl (C=O) groups is 1. The Morgan fingerprint density at radius 2 is 2.11 bits per heavy atom. The van der Waals surface area contributed by atoms with Crippen molar-refractivity contribution in [3.05, 3.63) is 42.0 Å². The SMILES string of the molecule is CNC(=O)c1noc(CCCNc2ccccc2)n1. The second-order valence-electron chi connectivity index (χ2n) is 3.99. The van der Waals surface area contributed by atoms with E-state index in [1.165, 1.54) is 7.05 Å². The highest BCUT2D eigenvalue weighted by Gasteiger charge is 2.12. The molecule has 1 heterocycles. The minimum atomic E-state index is -0.336. The molecule has 0 saturated carbocycles. The molecule has 0 atom stereocenters. The Bertz CT molecular complexity index is 524. The Labute approximate surface area is 111 Å².